The number of aromatic nitrogens is 1. The lowest BCUT2D eigenvalue weighted by Gasteiger charge is -2.35. The number of hydrogen-bond acceptors (Lipinski definition) is 4. The summed E-state index contributed by atoms with van der Waals surface area (Å²) in [6.45, 7) is 5.74. The molecule has 5 heteroatoms. The second kappa shape index (κ2) is 7.33. The normalized spacial score (nSPS) is 25.0. The van der Waals surface area contributed by atoms with Crippen molar-refractivity contribution in [2.45, 2.75) is 38.8 Å². The summed E-state index contributed by atoms with van der Waals surface area (Å²) in [5, 5.41) is 1.24. The van der Waals surface area contributed by atoms with Gasteiger partial charge in [-0.05, 0) is 62.9 Å². The van der Waals surface area contributed by atoms with Gasteiger partial charge in [-0.2, -0.15) is 0 Å². The van der Waals surface area contributed by atoms with E-state index in [1.807, 2.05) is 6.07 Å². The van der Waals surface area contributed by atoms with Gasteiger partial charge in [-0.15, -0.1) is 0 Å². The third-order valence-electron chi connectivity index (χ3n) is 5.92. The number of carbonyl (C=O) groups excluding carboxylic acids is 1. The van der Waals surface area contributed by atoms with E-state index in [1.165, 1.54) is 10.9 Å². The van der Waals surface area contributed by atoms with E-state index >= 15 is 0 Å². The first-order valence-electron chi connectivity index (χ1n) is 9.60. The van der Waals surface area contributed by atoms with Crippen molar-refractivity contribution in [1.82, 2.24) is 9.88 Å². The van der Waals surface area contributed by atoms with E-state index in [0.29, 0.717) is 12.5 Å². The van der Waals surface area contributed by atoms with E-state index in [1.54, 1.807) is 0 Å². The third kappa shape index (κ3) is 3.46. The maximum Gasteiger partial charge on any atom is 0.223 e. The minimum Gasteiger partial charge on any atom is -0.377 e. The van der Waals surface area contributed by atoms with Crippen LogP contribution in [0.15, 0.2) is 30.3 Å². The highest BCUT2D eigenvalue weighted by Gasteiger charge is 2.39. The standard InChI is InChI=1S/C21H27N3O2/c1-14-12-16(17-4-2-3-5-19(17)23-14)13-24-9-6-15(7-10-24)20-18(21(22)25)8-11-26-20/h2-5,12,15,18,20H,6-11,13H2,1H3,(H2,22,25)/t18-,20+/m0/s1. The van der Waals surface area contributed by atoms with Crippen LogP contribution < -0.4 is 5.73 Å². The zero-order valence-electron chi connectivity index (χ0n) is 15.4. The fraction of sp³-hybridized carbons (Fsp3) is 0.524. The van der Waals surface area contributed by atoms with E-state index in [4.69, 9.17) is 10.5 Å². The maximum atomic E-state index is 11.6. The number of nitrogens with two attached hydrogens (primary N) is 1. The average Bonchev–Trinajstić information content (AvgIpc) is 3.12. The lowest BCUT2D eigenvalue weighted by Crippen LogP contribution is -2.41. The van der Waals surface area contributed by atoms with E-state index < -0.39 is 0 Å². The first-order valence-corrected chi connectivity index (χ1v) is 9.60. The Kier molecular flexibility index (Phi) is 4.92. The van der Waals surface area contributed by atoms with Crippen LogP contribution in [0.3, 0.4) is 0 Å². The SMILES string of the molecule is Cc1cc(CN2CCC([C@H]3OCC[C@@H]3C(N)=O)CC2)c2ccccc2n1. The summed E-state index contributed by atoms with van der Waals surface area (Å²) in [6.07, 6.45) is 2.94. The van der Waals surface area contributed by atoms with E-state index in [2.05, 4.69) is 41.1 Å². The van der Waals surface area contributed by atoms with Gasteiger partial charge in [0.1, 0.15) is 0 Å². The number of benzene rings is 1. The van der Waals surface area contributed by atoms with Gasteiger partial charge in [-0.25, -0.2) is 0 Å². The van der Waals surface area contributed by atoms with Gasteiger partial charge in [0.2, 0.25) is 5.91 Å². The second-order valence-electron chi connectivity index (χ2n) is 7.69. The van der Waals surface area contributed by atoms with E-state index in [-0.39, 0.29) is 17.9 Å². The smallest absolute Gasteiger partial charge is 0.223 e. The molecule has 1 amide bonds. The van der Waals surface area contributed by atoms with E-state index in [9.17, 15) is 4.79 Å². The predicted octanol–water partition coefficient (Wildman–Crippen LogP) is 2.65. The van der Waals surface area contributed by atoms with Gasteiger partial charge in [-0.3, -0.25) is 14.7 Å². The third-order valence-corrected chi connectivity index (χ3v) is 5.92. The molecule has 2 fully saturated rings. The molecule has 2 N–H and O–H groups in total. The topological polar surface area (TPSA) is 68.5 Å². The largest absolute Gasteiger partial charge is 0.377 e. The first-order chi connectivity index (χ1) is 12.6. The summed E-state index contributed by atoms with van der Waals surface area (Å²) in [5.41, 5.74) is 9.04. The van der Waals surface area contributed by atoms with Crippen LogP contribution in [0.25, 0.3) is 10.9 Å². The zero-order chi connectivity index (χ0) is 18.1. The quantitative estimate of drug-likeness (QED) is 0.917. The number of ether oxygens (including phenoxy) is 1. The summed E-state index contributed by atoms with van der Waals surface area (Å²) in [7, 11) is 0. The van der Waals surface area contributed by atoms with E-state index in [0.717, 1.165) is 50.1 Å². The number of pyridine rings is 1. The van der Waals surface area contributed by atoms with Gasteiger partial charge in [-0.1, -0.05) is 18.2 Å². The molecule has 3 heterocycles. The summed E-state index contributed by atoms with van der Waals surface area (Å²) < 4.78 is 5.87. The summed E-state index contributed by atoms with van der Waals surface area (Å²) in [6, 6.07) is 10.6. The van der Waals surface area contributed by atoms with Crippen molar-refractivity contribution in [2.24, 2.45) is 17.6 Å². The minimum absolute atomic E-state index is 0.0265. The molecule has 0 spiro atoms. The maximum absolute atomic E-state index is 11.6. The molecule has 0 bridgehead atoms. The highest BCUT2D eigenvalue weighted by atomic mass is 16.5. The Balaban J connectivity index is 1.42. The highest BCUT2D eigenvalue weighted by Crippen LogP contribution is 2.33. The van der Waals surface area contributed by atoms with Crippen LogP contribution in [-0.4, -0.2) is 41.6 Å². The molecule has 0 unspecified atom stereocenters. The Morgan fingerprint density at radius 3 is 2.81 bits per heavy atom. The zero-order valence-corrected chi connectivity index (χ0v) is 15.4. The fourth-order valence-corrected chi connectivity index (χ4v) is 4.59. The number of likely N-dealkylation sites (tertiary alicyclic amines) is 1. The Labute approximate surface area is 154 Å². The monoisotopic (exact) mass is 353 g/mol. The number of para-hydroxylation sites is 1. The molecule has 26 heavy (non-hydrogen) atoms. The number of hydrogen-bond donors (Lipinski definition) is 1. The molecule has 1 aromatic heterocycles. The highest BCUT2D eigenvalue weighted by molar-refractivity contribution is 5.82. The Bertz CT molecular complexity index is 799. The number of primary amides is 1. The molecule has 2 aliphatic heterocycles. The molecule has 2 saturated heterocycles. The molecular formula is C21H27N3O2. The van der Waals surface area contributed by atoms with Gasteiger partial charge in [0.05, 0.1) is 17.5 Å². The number of rotatable bonds is 4. The van der Waals surface area contributed by atoms with Crippen molar-refractivity contribution in [1.29, 1.82) is 0 Å². The molecule has 138 valence electrons. The molecule has 0 radical (unpaired) electrons. The minimum atomic E-state index is -0.200. The van der Waals surface area contributed by atoms with Crippen LogP contribution in [-0.2, 0) is 16.1 Å². The fourth-order valence-electron chi connectivity index (χ4n) is 4.59. The number of amides is 1. The van der Waals surface area contributed by atoms with Crippen LogP contribution in [0.2, 0.25) is 0 Å². The molecule has 0 saturated carbocycles. The van der Waals surface area contributed by atoms with Crippen LogP contribution in [0.5, 0.6) is 0 Å². The predicted molar refractivity (Wildman–Crippen MR) is 102 cm³/mol. The van der Waals surface area contributed by atoms with Gasteiger partial charge in [0, 0.05) is 24.2 Å². The summed E-state index contributed by atoms with van der Waals surface area (Å²) >= 11 is 0. The van der Waals surface area contributed by atoms with Gasteiger partial charge in [0.25, 0.3) is 0 Å². The molecule has 1 aromatic carbocycles. The van der Waals surface area contributed by atoms with Crippen LogP contribution >= 0.6 is 0 Å². The number of nitrogens with zero attached hydrogens (tertiary/aromatic N) is 2. The van der Waals surface area contributed by atoms with Crippen LogP contribution in [0.4, 0.5) is 0 Å². The second-order valence-corrected chi connectivity index (χ2v) is 7.69. The van der Waals surface area contributed by atoms with Crippen molar-refractivity contribution in [2.75, 3.05) is 19.7 Å². The molecule has 2 aromatic rings. The Morgan fingerprint density at radius 1 is 1.27 bits per heavy atom. The van der Waals surface area contributed by atoms with Crippen molar-refractivity contribution < 1.29 is 9.53 Å². The van der Waals surface area contributed by atoms with Crippen molar-refractivity contribution >= 4 is 16.8 Å². The van der Waals surface area contributed by atoms with Crippen molar-refractivity contribution in [3.8, 4) is 0 Å². The summed E-state index contributed by atoms with van der Waals surface area (Å²) in [4.78, 5) is 18.8. The molecule has 2 atom stereocenters. The number of aryl methyl sites for hydroxylation is 1. The van der Waals surface area contributed by atoms with Crippen LogP contribution in [0, 0.1) is 18.8 Å². The molecular weight excluding hydrogens is 326 g/mol. The molecule has 0 aliphatic carbocycles. The Morgan fingerprint density at radius 2 is 2.04 bits per heavy atom. The molecule has 5 nitrogen and oxygen atoms in total. The molecule has 2 aliphatic rings. The van der Waals surface area contributed by atoms with Gasteiger partial charge >= 0.3 is 0 Å². The lowest BCUT2D eigenvalue weighted by atomic mass is 9.84. The number of fused-ring (bicyclic) bond motifs is 1. The van der Waals surface area contributed by atoms with Crippen molar-refractivity contribution in [3.63, 3.8) is 0 Å². The number of piperidine rings is 1. The van der Waals surface area contributed by atoms with Gasteiger partial charge < -0.3 is 10.5 Å². The molecule has 4 rings (SSSR count). The average molecular weight is 353 g/mol. The Hall–Kier alpha value is -1.98. The van der Waals surface area contributed by atoms with Gasteiger partial charge in [0.15, 0.2) is 0 Å². The summed E-state index contributed by atoms with van der Waals surface area (Å²) in [5.74, 6) is 0.147. The first kappa shape index (κ1) is 17.4. The van der Waals surface area contributed by atoms with Crippen LogP contribution in [0.1, 0.15) is 30.5 Å². The van der Waals surface area contributed by atoms with Crippen molar-refractivity contribution in [3.05, 3.63) is 41.6 Å². The number of carbonyl (C=O) groups is 1. The lowest BCUT2D eigenvalue weighted by molar-refractivity contribution is -0.124.